The van der Waals surface area contributed by atoms with E-state index in [1.165, 1.54) is 0 Å². The van der Waals surface area contributed by atoms with Crippen molar-refractivity contribution in [3.8, 4) is 5.75 Å². The Morgan fingerprint density at radius 2 is 1.75 bits per heavy atom. The van der Waals surface area contributed by atoms with E-state index < -0.39 is 0 Å². The molecular formula is C19H23ClN2O2. The summed E-state index contributed by atoms with van der Waals surface area (Å²) in [6, 6.07) is 15.3. The standard InChI is InChI=1S/C19H23ClN2O2/c1-22(2)18(15-6-10-17(24-3)11-7-15)13-21-19(23)12-14-4-8-16(20)9-5-14/h4-11,18H,12-13H2,1-3H3,(H,21,23)/t18-/m1/s1. The van der Waals surface area contributed by atoms with E-state index in [0.29, 0.717) is 18.0 Å². The molecule has 0 radical (unpaired) electrons. The molecule has 1 N–H and O–H groups in total. The zero-order chi connectivity index (χ0) is 17.5. The van der Waals surface area contributed by atoms with Crippen molar-refractivity contribution >= 4 is 17.5 Å². The lowest BCUT2D eigenvalue weighted by molar-refractivity contribution is -0.120. The Labute approximate surface area is 148 Å². The van der Waals surface area contributed by atoms with Gasteiger partial charge in [0.15, 0.2) is 0 Å². The van der Waals surface area contributed by atoms with Crippen LogP contribution in [0.15, 0.2) is 48.5 Å². The molecule has 2 rings (SSSR count). The number of nitrogens with one attached hydrogen (secondary N) is 1. The van der Waals surface area contributed by atoms with Crippen LogP contribution < -0.4 is 10.1 Å². The molecule has 0 bridgehead atoms. The number of hydrogen-bond acceptors (Lipinski definition) is 3. The molecule has 0 saturated heterocycles. The maximum atomic E-state index is 12.2. The highest BCUT2D eigenvalue weighted by atomic mass is 35.5. The number of amides is 1. The summed E-state index contributed by atoms with van der Waals surface area (Å²) in [6.07, 6.45) is 0.347. The highest BCUT2D eigenvalue weighted by molar-refractivity contribution is 6.30. The van der Waals surface area contributed by atoms with Gasteiger partial charge in [-0.1, -0.05) is 35.9 Å². The van der Waals surface area contributed by atoms with Crippen LogP contribution in [0.2, 0.25) is 5.02 Å². The summed E-state index contributed by atoms with van der Waals surface area (Å²) in [5, 5.41) is 3.68. The first kappa shape index (κ1) is 18.3. The molecule has 1 atom stereocenters. The van der Waals surface area contributed by atoms with Gasteiger partial charge >= 0.3 is 0 Å². The van der Waals surface area contributed by atoms with Crippen LogP contribution in [0.3, 0.4) is 0 Å². The molecule has 0 aliphatic heterocycles. The normalized spacial score (nSPS) is 12.0. The number of carbonyl (C=O) groups excluding carboxylic acids is 1. The average molecular weight is 347 g/mol. The number of halogens is 1. The molecule has 2 aromatic rings. The lowest BCUT2D eigenvalue weighted by Gasteiger charge is -2.25. The minimum Gasteiger partial charge on any atom is -0.497 e. The molecule has 0 aliphatic carbocycles. The van der Waals surface area contributed by atoms with Crippen LogP contribution in [0.5, 0.6) is 5.75 Å². The van der Waals surface area contributed by atoms with Crippen LogP contribution in [0.1, 0.15) is 17.2 Å². The summed E-state index contributed by atoms with van der Waals surface area (Å²) in [4.78, 5) is 14.3. The van der Waals surface area contributed by atoms with Crippen molar-refractivity contribution in [3.63, 3.8) is 0 Å². The number of ether oxygens (including phenoxy) is 1. The van der Waals surface area contributed by atoms with E-state index in [0.717, 1.165) is 16.9 Å². The minimum absolute atomic E-state index is 0.00214. The van der Waals surface area contributed by atoms with E-state index >= 15 is 0 Å². The number of carbonyl (C=O) groups is 1. The fourth-order valence-corrected chi connectivity index (χ4v) is 2.61. The third kappa shape index (κ3) is 5.25. The highest BCUT2D eigenvalue weighted by Crippen LogP contribution is 2.20. The molecule has 4 nitrogen and oxygen atoms in total. The summed E-state index contributed by atoms with van der Waals surface area (Å²) in [6.45, 7) is 0.547. The van der Waals surface area contributed by atoms with Crippen molar-refractivity contribution < 1.29 is 9.53 Å². The Balaban J connectivity index is 1.95. The van der Waals surface area contributed by atoms with Crippen LogP contribution in [-0.2, 0) is 11.2 Å². The maximum absolute atomic E-state index is 12.2. The molecule has 0 saturated carbocycles. The van der Waals surface area contributed by atoms with Gasteiger partial charge in [-0.2, -0.15) is 0 Å². The SMILES string of the molecule is COc1ccc([C@@H](CNC(=O)Cc2ccc(Cl)cc2)N(C)C)cc1. The first-order chi connectivity index (χ1) is 11.5. The topological polar surface area (TPSA) is 41.6 Å². The van der Waals surface area contributed by atoms with Gasteiger partial charge < -0.3 is 15.0 Å². The monoisotopic (exact) mass is 346 g/mol. The molecule has 0 unspecified atom stereocenters. The van der Waals surface area contributed by atoms with Crippen molar-refractivity contribution in [2.45, 2.75) is 12.5 Å². The van der Waals surface area contributed by atoms with Gasteiger partial charge in [-0.3, -0.25) is 4.79 Å². The van der Waals surface area contributed by atoms with Crippen molar-refractivity contribution in [2.24, 2.45) is 0 Å². The first-order valence-electron chi connectivity index (χ1n) is 7.81. The van der Waals surface area contributed by atoms with Crippen molar-refractivity contribution in [1.82, 2.24) is 10.2 Å². The highest BCUT2D eigenvalue weighted by Gasteiger charge is 2.15. The number of nitrogens with zero attached hydrogens (tertiary/aromatic N) is 1. The largest absolute Gasteiger partial charge is 0.497 e. The Bertz CT molecular complexity index is 654. The summed E-state index contributed by atoms with van der Waals surface area (Å²) in [5.41, 5.74) is 2.08. The molecule has 24 heavy (non-hydrogen) atoms. The molecule has 2 aromatic carbocycles. The van der Waals surface area contributed by atoms with Crippen LogP contribution in [0, 0.1) is 0 Å². The van der Waals surface area contributed by atoms with E-state index in [4.69, 9.17) is 16.3 Å². The molecule has 128 valence electrons. The van der Waals surface area contributed by atoms with Gasteiger partial charge in [0, 0.05) is 11.6 Å². The fraction of sp³-hybridized carbons (Fsp3) is 0.316. The van der Waals surface area contributed by atoms with Gasteiger partial charge in [-0.05, 0) is 49.5 Å². The van der Waals surface area contributed by atoms with Gasteiger partial charge in [0.25, 0.3) is 0 Å². The number of hydrogen-bond donors (Lipinski definition) is 1. The van der Waals surface area contributed by atoms with E-state index in [1.54, 1.807) is 19.2 Å². The lowest BCUT2D eigenvalue weighted by atomic mass is 10.1. The van der Waals surface area contributed by atoms with Crippen LogP contribution >= 0.6 is 11.6 Å². The van der Waals surface area contributed by atoms with Crippen molar-refractivity contribution in [2.75, 3.05) is 27.7 Å². The molecular weight excluding hydrogens is 324 g/mol. The lowest BCUT2D eigenvalue weighted by Crippen LogP contribution is -2.35. The third-order valence-electron chi connectivity index (χ3n) is 3.89. The number of rotatable bonds is 7. The summed E-state index contributed by atoms with van der Waals surface area (Å²) in [7, 11) is 5.65. The summed E-state index contributed by atoms with van der Waals surface area (Å²) in [5.74, 6) is 0.820. The molecule has 0 aliphatic rings. The van der Waals surface area contributed by atoms with E-state index in [2.05, 4.69) is 10.2 Å². The first-order valence-corrected chi connectivity index (χ1v) is 8.19. The Kier molecular flexibility index (Phi) is 6.64. The van der Waals surface area contributed by atoms with Crippen molar-refractivity contribution in [3.05, 3.63) is 64.7 Å². The van der Waals surface area contributed by atoms with Crippen LogP contribution in [-0.4, -0.2) is 38.6 Å². The number of likely N-dealkylation sites (N-methyl/N-ethyl adjacent to an activating group) is 1. The van der Waals surface area contributed by atoms with Gasteiger partial charge in [0.05, 0.1) is 19.6 Å². The zero-order valence-corrected chi connectivity index (χ0v) is 15.0. The third-order valence-corrected chi connectivity index (χ3v) is 4.15. The smallest absolute Gasteiger partial charge is 0.224 e. The Hall–Kier alpha value is -2.04. The predicted molar refractivity (Wildman–Crippen MR) is 97.6 cm³/mol. The average Bonchev–Trinajstić information content (AvgIpc) is 2.57. The number of methoxy groups -OCH3 is 1. The van der Waals surface area contributed by atoms with Crippen LogP contribution in [0.4, 0.5) is 0 Å². The molecule has 0 heterocycles. The van der Waals surface area contributed by atoms with E-state index in [9.17, 15) is 4.79 Å². The summed E-state index contributed by atoms with van der Waals surface area (Å²) >= 11 is 5.86. The second-order valence-corrected chi connectivity index (χ2v) is 6.30. The van der Waals surface area contributed by atoms with E-state index in [1.807, 2.05) is 50.5 Å². The molecule has 0 aromatic heterocycles. The second kappa shape index (κ2) is 8.71. The Morgan fingerprint density at radius 3 is 2.29 bits per heavy atom. The quantitative estimate of drug-likeness (QED) is 0.836. The predicted octanol–water partition coefficient (Wildman–Crippen LogP) is 3.31. The van der Waals surface area contributed by atoms with Crippen LogP contribution in [0.25, 0.3) is 0 Å². The molecule has 0 spiro atoms. The van der Waals surface area contributed by atoms with E-state index in [-0.39, 0.29) is 11.9 Å². The summed E-state index contributed by atoms with van der Waals surface area (Å²) < 4.78 is 5.19. The fourth-order valence-electron chi connectivity index (χ4n) is 2.49. The van der Waals surface area contributed by atoms with Gasteiger partial charge in [0.1, 0.15) is 5.75 Å². The molecule has 0 fully saturated rings. The molecule has 1 amide bonds. The maximum Gasteiger partial charge on any atom is 0.224 e. The van der Waals surface area contributed by atoms with Gasteiger partial charge in [0.2, 0.25) is 5.91 Å². The van der Waals surface area contributed by atoms with Gasteiger partial charge in [-0.25, -0.2) is 0 Å². The van der Waals surface area contributed by atoms with Gasteiger partial charge in [-0.15, -0.1) is 0 Å². The van der Waals surface area contributed by atoms with Crippen molar-refractivity contribution in [1.29, 1.82) is 0 Å². The molecule has 5 heteroatoms. The number of benzene rings is 2. The minimum atomic E-state index is -0.00214. The second-order valence-electron chi connectivity index (χ2n) is 5.86. The zero-order valence-electron chi connectivity index (χ0n) is 14.3. The Morgan fingerprint density at radius 1 is 1.12 bits per heavy atom.